The molecular formula is C11H13ClOS. The molecule has 1 N–H and O–H groups in total. The Kier molecular flexibility index (Phi) is 2.78. The van der Waals surface area contributed by atoms with Gasteiger partial charge in [-0.3, -0.25) is 0 Å². The molecule has 1 saturated carbocycles. The third-order valence-electron chi connectivity index (χ3n) is 2.59. The average Bonchev–Trinajstić information content (AvgIpc) is 2.84. The van der Waals surface area contributed by atoms with Crippen molar-refractivity contribution in [3.05, 3.63) is 28.8 Å². The Morgan fingerprint density at radius 1 is 1.50 bits per heavy atom. The number of benzene rings is 1. The van der Waals surface area contributed by atoms with Gasteiger partial charge in [0.25, 0.3) is 0 Å². The minimum atomic E-state index is -0.435. The molecule has 0 bridgehead atoms. The Balaban J connectivity index is 2.25. The second-order valence-corrected chi connectivity index (χ2v) is 5.14. The molecule has 0 amide bonds. The van der Waals surface area contributed by atoms with E-state index in [1.54, 1.807) is 11.8 Å². The molecule has 14 heavy (non-hydrogen) atoms. The first-order chi connectivity index (χ1) is 6.63. The fourth-order valence-corrected chi connectivity index (χ4v) is 2.35. The van der Waals surface area contributed by atoms with E-state index in [1.165, 1.54) is 10.5 Å². The largest absolute Gasteiger partial charge is 0.390 e. The molecule has 0 aromatic heterocycles. The summed E-state index contributed by atoms with van der Waals surface area (Å²) < 4.78 is 0. The van der Waals surface area contributed by atoms with Gasteiger partial charge in [0.15, 0.2) is 0 Å². The average molecular weight is 229 g/mol. The highest BCUT2D eigenvalue weighted by Gasteiger charge is 2.40. The molecule has 2 rings (SSSR count). The monoisotopic (exact) mass is 228 g/mol. The molecule has 0 radical (unpaired) electrons. The predicted molar refractivity (Wildman–Crippen MR) is 61.1 cm³/mol. The second kappa shape index (κ2) is 3.76. The Hall–Kier alpha value is -0.180. The van der Waals surface area contributed by atoms with E-state index in [1.807, 2.05) is 24.5 Å². The molecule has 0 unspecified atom stereocenters. The van der Waals surface area contributed by atoms with Crippen molar-refractivity contribution in [3.63, 3.8) is 0 Å². The molecule has 1 aliphatic carbocycles. The van der Waals surface area contributed by atoms with E-state index in [0.29, 0.717) is 0 Å². The molecule has 1 nitrogen and oxygen atoms in total. The van der Waals surface area contributed by atoms with Crippen LogP contribution in [0.15, 0.2) is 23.1 Å². The molecule has 0 saturated heterocycles. The van der Waals surface area contributed by atoms with Crippen LogP contribution in [0.2, 0.25) is 5.02 Å². The van der Waals surface area contributed by atoms with E-state index in [9.17, 15) is 5.11 Å². The SMILES string of the molecule is CSc1ccc(Cl)cc1CC1(O)CC1. The maximum Gasteiger partial charge on any atom is 0.0690 e. The molecule has 0 aliphatic heterocycles. The van der Waals surface area contributed by atoms with Gasteiger partial charge in [-0.2, -0.15) is 0 Å². The first kappa shape index (κ1) is 10.3. The van der Waals surface area contributed by atoms with Crippen molar-refractivity contribution in [2.45, 2.75) is 29.8 Å². The van der Waals surface area contributed by atoms with Crippen molar-refractivity contribution in [1.82, 2.24) is 0 Å². The highest BCUT2D eigenvalue weighted by molar-refractivity contribution is 7.98. The smallest absolute Gasteiger partial charge is 0.0690 e. The van der Waals surface area contributed by atoms with E-state index in [4.69, 9.17) is 11.6 Å². The lowest BCUT2D eigenvalue weighted by molar-refractivity contribution is 0.150. The van der Waals surface area contributed by atoms with Gasteiger partial charge in [-0.15, -0.1) is 11.8 Å². The molecule has 0 spiro atoms. The van der Waals surface area contributed by atoms with Crippen LogP contribution in [0.3, 0.4) is 0 Å². The number of rotatable bonds is 3. The first-order valence-electron chi connectivity index (χ1n) is 4.68. The zero-order valence-electron chi connectivity index (χ0n) is 8.09. The van der Waals surface area contributed by atoms with Gasteiger partial charge in [-0.1, -0.05) is 11.6 Å². The molecule has 1 aromatic carbocycles. The zero-order valence-corrected chi connectivity index (χ0v) is 9.66. The van der Waals surface area contributed by atoms with Gasteiger partial charge < -0.3 is 5.11 Å². The third-order valence-corrected chi connectivity index (χ3v) is 3.66. The van der Waals surface area contributed by atoms with Crippen LogP contribution in [0.1, 0.15) is 18.4 Å². The number of halogens is 1. The summed E-state index contributed by atoms with van der Waals surface area (Å²) in [6.07, 6.45) is 4.63. The summed E-state index contributed by atoms with van der Waals surface area (Å²) in [6.45, 7) is 0. The van der Waals surface area contributed by atoms with E-state index < -0.39 is 5.60 Å². The summed E-state index contributed by atoms with van der Waals surface area (Å²) in [5.41, 5.74) is 0.736. The van der Waals surface area contributed by atoms with Gasteiger partial charge in [-0.05, 0) is 42.9 Å². The van der Waals surface area contributed by atoms with Crippen LogP contribution in [0.25, 0.3) is 0 Å². The lowest BCUT2D eigenvalue weighted by atomic mass is 10.1. The van der Waals surface area contributed by atoms with Gasteiger partial charge in [0.2, 0.25) is 0 Å². The van der Waals surface area contributed by atoms with Crippen LogP contribution < -0.4 is 0 Å². The van der Waals surface area contributed by atoms with Crippen molar-refractivity contribution in [2.24, 2.45) is 0 Å². The summed E-state index contributed by atoms with van der Waals surface area (Å²) in [4.78, 5) is 1.22. The zero-order chi connectivity index (χ0) is 10.2. The molecule has 1 aliphatic rings. The van der Waals surface area contributed by atoms with Crippen LogP contribution in [0.5, 0.6) is 0 Å². The van der Waals surface area contributed by atoms with Crippen LogP contribution >= 0.6 is 23.4 Å². The Morgan fingerprint density at radius 2 is 2.21 bits per heavy atom. The summed E-state index contributed by atoms with van der Waals surface area (Å²) in [5.74, 6) is 0. The fourth-order valence-electron chi connectivity index (χ4n) is 1.56. The standard InChI is InChI=1S/C11H13ClOS/c1-14-10-3-2-9(12)6-8(10)7-11(13)4-5-11/h2-3,6,13H,4-5,7H2,1H3. The van der Waals surface area contributed by atoms with E-state index in [-0.39, 0.29) is 0 Å². The van der Waals surface area contributed by atoms with Crippen molar-refractivity contribution in [1.29, 1.82) is 0 Å². The van der Waals surface area contributed by atoms with Gasteiger partial charge in [-0.25, -0.2) is 0 Å². The molecule has 76 valence electrons. The highest BCUT2D eigenvalue weighted by Crippen LogP contribution is 2.40. The quantitative estimate of drug-likeness (QED) is 0.803. The maximum atomic E-state index is 9.84. The van der Waals surface area contributed by atoms with E-state index in [2.05, 4.69) is 0 Å². The van der Waals surface area contributed by atoms with Crippen LogP contribution in [-0.4, -0.2) is 17.0 Å². The highest BCUT2D eigenvalue weighted by atomic mass is 35.5. The van der Waals surface area contributed by atoms with Crippen molar-refractivity contribution >= 4 is 23.4 Å². The summed E-state index contributed by atoms with van der Waals surface area (Å²) in [7, 11) is 0. The minimum Gasteiger partial charge on any atom is -0.390 e. The summed E-state index contributed by atoms with van der Waals surface area (Å²) >= 11 is 7.64. The normalized spacial score (nSPS) is 18.2. The van der Waals surface area contributed by atoms with E-state index >= 15 is 0 Å². The van der Waals surface area contributed by atoms with Crippen LogP contribution in [0, 0.1) is 0 Å². The lowest BCUT2D eigenvalue weighted by Crippen LogP contribution is -2.11. The van der Waals surface area contributed by atoms with Crippen LogP contribution in [0.4, 0.5) is 0 Å². The van der Waals surface area contributed by atoms with E-state index in [0.717, 1.165) is 24.3 Å². The fraction of sp³-hybridized carbons (Fsp3) is 0.455. The number of hydrogen-bond acceptors (Lipinski definition) is 2. The topological polar surface area (TPSA) is 20.2 Å². The first-order valence-corrected chi connectivity index (χ1v) is 6.28. The third kappa shape index (κ3) is 2.25. The number of hydrogen-bond donors (Lipinski definition) is 1. The lowest BCUT2D eigenvalue weighted by Gasteiger charge is -2.11. The summed E-state index contributed by atoms with van der Waals surface area (Å²) in [5, 5.41) is 10.6. The Labute approximate surface area is 93.5 Å². The predicted octanol–water partition coefficient (Wildman–Crippen LogP) is 3.13. The van der Waals surface area contributed by atoms with Crippen molar-refractivity contribution in [2.75, 3.05) is 6.26 Å². The Morgan fingerprint density at radius 3 is 2.79 bits per heavy atom. The minimum absolute atomic E-state index is 0.435. The maximum absolute atomic E-state index is 9.84. The molecule has 1 aromatic rings. The van der Waals surface area contributed by atoms with Crippen LogP contribution in [-0.2, 0) is 6.42 Å². The van der Waals surface area contributed by atoms with Crippen molar-refractivity contribution < 1.29 is 5.11 Å². The van der Waals surface area contributed by atoms with Gasteiger partial charge in [0.05, 0.1) is 5.60 Å². The Bertz CT molecular complexity index is 347. The number of thioether (sulfide) groups is 1. The molecule has 1 fully saturated rings. The number of aliphatic hydroxyl groups is 1. The molecule has 0 heterocycles. The van der Waals surface area contributed by atoms with Crippen molar-refractivity contribution in [3.8, 4) is 0 Å². The summed E-state index contributed by atoms with van der Waals surface area (Å²) in [6, 6.07) is 5.88. The second-order valence-electron chi connectivity index (χ2n) is 3.86. The molecule has 3 heteroatoms. The van der Waals surface area contributed by atoms with Gasteiger partial charge in [0, 0.05) is 16.3 Å². The van der Waals surface area contributed by atoms with Gasteiger partial charge >= 0.3 is 0 Å². The van der Waals surface area contributed by atoms with Gasteiger partial charge in [0.1, 0.15) is 0 Å². The molecule has 0 atom stereocenters. The molecular weight excluding hydrogens is 216 g/mol.